The number of aryl methyl sites for hydroxylation is 2. The molecule has 0 bridgehead atoms. The Kier molecular flexibility index (Phi) is 3.76. The smallest absolute Gasteiger partial charge is 0.183 e. The van der Waals surface area contributed by atoms with Gasteiger partial charge in [-0.05, 0) is 37.6 Å². The van der Waals surface area contributed by atoms with Crippen LogP contribution >= 0.6 is 0 Å². The molecule has 0 radical (unpaired) electrons. The van der Waals surface area contributed by atoms with Crippen molar-refractivity contribution in [3.63, 3.8) is 0 Å². The molecule has 0 spiro atoms. The lowest BCUT2D eigenvalue weighted by Gasteiger charge is -2.15. The molecule has 4 heteroatoms. The van der Waals surface area contributed by atoms with Crippen molar-refractivity contribution in [2.45, 2.75) is 40.0 Å². The van der Waals surface area contributed by atoms with Crippen LogP contribution in [0.25, 0.3) is 5.65 Å². The molecule has 4 nitrogen and oxygen atoms in total. The maximum atomic E-state index is 4.82. The van der Waals surface area contributed by atoms with E-state index in [2.05, 4.69) is 50.9 Å². The molecular weight excluding hydrogens is 284 g/mol. The van der Waals surface area contributed by atoms with Crippen molar-refractivity contribution in [3.05, 3.63) is 59.4 Å². The quantitative estimate of drug-likeness (QED) is 0.563. The van der Waals surface area contributed by atoms with E-state index < -0.39 is 0 Å². The fourth-order valence-electron chi connectivity index (χ4n) is 2.51. The maximum absolute atomic E-state index is 4.82. The Morgan fingerprint density at radius 2 is 1.65 bits per heavy atom. The van der Waals surface area contributed by atoms with E-state index in [9.17, 15) is 0 Å². The minimum absolute atomic E-state index is 0.0971. The van der Waals surface area contributed by atoms with Crippen LogP contribution in [0.2, 0.25) is 0 Å². The van der Waals surface area contributed by atoms with Crippen molar-refractivity contribution in [2.75, 3.05) is 0 Å². The lowest BCUT2D eigenvalue weighted by molar-refractivity contribution is 0.573. The van der Waals surface area contributed by atoms with E-state index in [0.717, 1.165) is 28.4 Å². The Morgan fingerprint density at radius 3 is 2.30 bits per heavy atom. The second-order valence-corrected chi connectivity index (χ2v) is 6.95. The molecule has 0 atom stereocenters. The van der Waals surface area contributed by atoms with Crippen LogP contribution in [0, 0.1) is 13.8 Å². The Bertz CT molecular complexity index is 865. The van der Waals surface area contributed by atoms with Crippen molar-refractivity contribution >= 4 is 17.2 Å². The zero-order valence-corrected chi connectivity index (χ0v) is 14.3. The molecule has 0 N–H and O–H groups in total. The Hall–Kier alpha value is -2.49. The van der Waals surface area contributed by atoms with Crippen LogP contribution in [0.3, 0.4) is 0 Å². The maximum Gasteiger partial charge on any atom is 0.183 e. The summed E-state index contributed by atoms with van der Waals surface area (Å²) < 4.78 is 2.02. The molecule has 0 unspecified atom stereocenters. The molecule has 3 aromatic rings. The van der Waals surface area contributed by atoms with E-state index in [1.807, 2.05) is 40.9 Å². The Labute approximate surface area is 136 Å². The van der Waals surface area contributed by atoms with Gasteiger partial charge in [-0.25, -0.2) is 4.98 Å². The lowest BCUT2D eigenvalue weighted by Crippen LogP contribution is -2.11. The van der Waals surface area contributed by atoms with Crippen LogP contribution in [0.1, 0.15) is 37.6 Å². The fraction of sp³-hybridized carbons (Fsp3) is 0.316. The summed E-state index contributed by atoms with van der Waals surface area (Å²) in [6.07, 6.45) is 1.99. The van der Waals surface area contributed by atoms with Crippen LogP contribution in [-0.4, -0.2) is 9.38 Å². The average molecular weight is 306 g/mol. The molecule has 0 saturated heterocycles. The number of azo groups is 1. The molecule has 118 valence electrons. The largest absolute Gasteiger partial charge is 0.283 e. The number of hydrogen-bond acceptors (Lipinski definition) is 3. The number of benzene rings is 1. The van der Waals surface area contributed by atoms with Gasteiger partial charge in [-0.3, -0.25) is 4.40 Å². The zero-order valence-electron chi connectivity index (χ0n) is 14.3. The highest BCUT2D eigenvalue weighted by Crippen LogP contribution is 2.33. The second-order valence-electron chi connectivity index (χ2n) is 6.95. The summed E-state index contributed by atoms with van der Waals surface area (Å²) in [4.78, 5) is 4.82. The SMILES string of the molecule is Cc1ccc(N=Nc2c(C(C)(C)C)nc3c(C)cccn23)cc1. The molecule has 0 aliphatic heterocycles. The summed E-state index contributed by atoms with van der Waals surface area (Å²) in [6, 6.07) is 12.1. The van der Waals surface area contributed by atoms with Crippen LogP contribution in [-0.2, 0) is 5.41 Å². The van der Waals surface area contributed by atoms with E-state index in [-0.39, 0.29) is 5.41 Å². The predicted molar refractivity (Wildman–Crippen MR) is 94.0 cm³/mol. The van der Waals surface area contributed by atoms with Gasteiger partial charge < -0.3 is 0 Å². The van der Waals surface area contributed by atoms with Crippen molar-refractivity contribution < 1.29 is 0 Å². The van der Waals surface area contributed by atoms with E-state index in [1.165, 1.54) is 5.56 Å². The first-order valence-electron chi connectivity index (χ1n) is 7.83. The van der Waals surface area contributed by atoms with E-state index in [4.69, 9.17) is 4.98 Å². The number of aromatic nitrogens is 2. The highest BCUT2D eigenvalue weighted by Gasteiger charge is 2.24. The Balaban J connectivity index is 2.15. The first-order valence-corrected chi connectivity index (χ1v) is 7.83. The molecule has 0 fully saturated rings. The minimum Gasteiger partial charge on any atom is -0.283 e. The Morgan fingerprint density at radius 1 is 0.957 bits per heavy atom. The van der Waals surface area contributed by atoms with E-state index >= 15 is 0 Å². The van der Waals surface area contributed by atoms with Crippen LogP contribution < -0.4 is 0 Å². The van der Waals surface area contributed by atoms with Crippen LogP contribution in [0.5, 0.6) is 0 Å². The number of fused-ring (bicyclic) bond motifs is 1. The van der Waals surface area contributed by atoms with Gasteiger partial charge in [0, 0.05) is 11.6 Å². The summed E-state index contributed by atoms with van der Waals surface area (Å²) in [7, 11) is 0. The minimum atomic E-state index is -0.0971. The summed E-state index contributed by atoms with van der Waals surface area (Å²) in [5.74, 6) is 0.803. The molecular formula is C19H22N4. The van der Waals surface area contributed by atoms with Gasteiger partial charge in [0.1, 0.15) is 5.65 Å². The molecule has 3 rings (SSSR count). The lowest BCUT2D eigenvalue weighted by atomic mass is 9.92. The first kappa shape index (κ1) is 15.4. The summed E-state index contributed by atoms with van der Waals surface area (Å²) >= 11 is 0. The van der Waals surface area contributed by atoms with Gasteiger partial charge in [0.05, 0.1) is 11.4 Å². The molecule has 1 aromatic carbocycles. The molecule has 2 heterocycles. The highest BCUT2D eigenvalue weighted by molar-refractivity contribution is 5.58. The van der Waals surface area contributed by atoms with Crippen molar-refractivity contribution in [1.29, 1.82) is 0 Å². The topological polar surface area (TPSA) is 42.0 Å². The molecule has 0 aliphatic carbocycles. The molecule has 2 aromatic heterocycles. The highest BCUT2D eigenvalue weighted by atomic mass is 15.2. The standard InChI is InChI=1S/C19H22N4/c1-13-8-10-15(11-9-13)21-22-18-16(19(3,4)5)20-17-14(2)7-6-12-23(17)18/h6-12H,1-5H3. The van der Waals surface area contributed by atoms with E-state index in [0.29, 0.717) is 0 Å². The van der Waals surface area contributed by atoms with Gasteiger partial charge in [0.25, 0.3) is 0 Å². The zero-order chi connectivity index (χ0) is 16.6. The molecule has 0 saturated carbocycles. The van der Waals surface area contributed by atoms with Gasteiger partial charge in [0.15, 0.2) is 5.82 Å². The monoisotopic (exact) mass is 306 g/mol. The molecule has 0 aliphatic rings. The van der Waals surface area contributed by atoms with Crippen molar-refractivity contribution in [1.82, 2.24) is 9.38 Å². The summed E-state index contributed by atoms with van der Waals surface area (Å²) in [5, 5.41) is 8.94. The summed E-state index contributed by atoms with van der Waals surface area (Å²) in [5.41, 5.74) is 5.00. The third-order valence-corrected chi connectivity index (χ3v) is 3.82. The predicted octanol–water partition coefficient (Wildman–Crippen LogP) is 5.66. The van der Waals surface area contributed by atoms with Gasteiger partial charge in [0.2, 0.25) is 0 Å². The first-order chi connectivity index (χ1) is 10.9. The van der Waals surface area contributed by atoms with E-state index in [1.54, 1.807) is 0 Å². The summed E-state index contributed by atoms with van der Waals surface area (Å²) in [6.45, 7) is 10.6. The fourth-order valence-corrected chi connectivity index (χ4v) is 2.51. The number of imidazole rings is 1. The van der Waals surface area contributed by atoms with Gasteiger partial charge >= 0.3 is 0 Å². The molecule has 23 heavy (non-hydrogen) atoms. The third kappa shape index (κ3) is 3.02. The number of rotatable bonds is 2. The van der Waals surface area contributed by atoms with Gasteiger partial charge in [-0.1, -0.05) is 44.5 Å². The third-order valence-electron chi connectivity index (χ3n) is 3.82. The van der Waals surface area contributed by atoms with Gasteiger partial charge in [-0.2, -0.15) is 0 Å². The molecule has 0 amide bonds. The number of nitrogens with zero attached hydrogens (tertiary/aromatic N) is 4. The van der Waals surface area contributed by atoms with Crippen molar-refractivity contribution in [2.24, 2.45) is 10.2 Å². The normalized spacial score (nSPS) is 12.4. The van der Waals surface area contributed by atoms with Crippen LogP contribution in [0.4, 0.5) is 11.5 Å². The second kappa shape index (κ2) is 5.61. The number of hydrogen-bond donors (Lipinski definition) is 0. The average Bonchev–Trinajstić information content (AvgIpc) is 2.87. The number of pyridine rings is 1. The van der Waals surface area contributed by atoms with Gasteiger partial charge in [-0.15, -0.1) is 10.2 Å². The van der Waals surface area contributed by atoms with Crippen molar-refractivity contribution in [3.8, 4) is 0 Å². The van der Waals surface area contributed by atoms with Crippen LogP contribution in [0.15, 0.2) is 52.8 Å².